The van der Waals surface area contributed by atoms with E-state index in [1.165, 1.54) is 6.07 Å². The van der Waals surface area contributed by atoms with E-state index in [1.54, 1.807) is 6.07 Å². The lowest BCUT2D eigenvalue weighted by atomic mass is 10.2. The summed E-state index contributed by atoms with van der Waals surface area (Å²) < 4.78 is 0. The van der Waals surface area contributed by atoms with Crippen molar-refractivity contribution < 1.29 is 14.7 Å². The summed E-state index contributed by atoms with van der Waals surface area (Å²) in [5.41, 5.74) is -0.208. The zero-order valence-electron chi connectivity index (χ0n) is 11.4. The molecule has 7 heteroatoms. The lowest BCUT2D eigenvalue weighted by Gasteiger charge is -2.12. The number of hydrogen-bond donors (Lipinski definition) is 3. The van der Waals surface area contributed by atoms with Gasteiger partial charge >= 0.3 is 5.97 Å². The van der Waals surface area contributed by atoms with Crippen molar-refractivity contribution in [2.75, 3.05) is 11.9 Å². The predicted molar refractivity (Wildman–Crippen MR) is 77.2 cm³/mol. The molecule has 6 nitrogen and oxygen atoms in total. The van der Waals surface area contributed by atoms with Gasteiger partial charge in [0.25, 0.3) is 0 Å². The molecule has 0 fully saturated rings. The van der Waals surface area contributed by atoms with Gasteiger partial charge in [-0.3, -0.25) is 4.79 Å². The number of carboxylic acid groups (broad SMARTS) is 1. The van der Waals surface area contributed by atoms with Crippen LogP contribution in [-0.4, -0.2) is 34.6 Å². The normalized spacial score (nSPS) is 11.8. The van der Waals surface area contributed by atoms with Crippen molar-refractivity contribution in [1.29, 1.82) is 0 Å². The number of carbonyl (C=O) groups excluding carboxylic acids is 1. The highest BCUT2D eigenvalue weighted by Gasteiger charge is 2.11. The summed E-state index contributed by atoms with van der Waals surface area (Å²) in [5.74, 6) is -0.865. The summed E-state index contributed by atoms with van der Waals surface area (Å²) in [4.78, 5) is 26.3. The average molecular weight is 300 g/mol. The Morgan fingerprint density at radius 2 is 2.15 bits per heavy atom. The van der Waals surface area contributed by atoms with Crippen molar-refractivity contribution in [3.63, 3.8) is 0 Å². The third-order valence-corrected chi connectivity index (χ3v) is 3.03. The Kier molecular flexibility index (Phi) is 6.24. The Morgan fingerprint density at radius 3 is 2.75 bits per heavy atom. The molecule has 3 N–H and O–H groups in total. The Hall–Kier alpha value is -1.82. The Labute approximate surface area is 122 Å². The van der Waals surface area contributed by atoms with Crippen molar-refractivity contribution in [3.8, 4) is 0 Å². The number of rotatable bonds is 7. The molecule has 0 saturated carbocycles. The maximum absolute atomic E-state index is 11.5. The number of carboxylic acids is 1. The van der Waals surface area contributed by atoms with Crippen LogP contribution in [0.1, 0.15) is 37.2 Å². The second-order valence-corrected chi connectivity index (χ2v) is 4.79. The van der Waals surface area contributed by atoms with Crippen LogP contribution in [0.2, 0.25) is 5.02 Å². The maximum Gasteiger partial charge on any atom is 0.356 e. The molecule has 110 valence electrons. The standard InChI is InChI=1S/C13H18ClN3O3/c1-3-8(2)16-11(18)6-7-15-10-5-4-9(14)12(17-10)13(19)20/h4-5,8H,3,6-7H2,1-2H3,(H,15,17)(H,16,18)(H,19,20). The highest BCUT2D eigenvalue weighted by Crippen LogP contribution is 2.16. The van der Waals surface area contributed by atoms with Crippen LogP contribution in [0.25, 0.3) is 0 Å². The monoisotopic (exact) mass is 299 g/mol. The van der Waals surface area contributed by atoms with Gasteiger partial charge in [0.05, 0.1) is 5.02 Å². The first-order valence-electron chi connectivity index (χ1n) is 6.37. The third kappa shape index (κ3) is 5.05. The fourth-order valence-electron chi connectivity index (χ4n) is 1.44. The molecule has 0 spiro atoms. The van der Waals surface area contributed by atoms with E-state index in [0.29, 0.717) is 12.4 Å². The van der Waals surface area contributed by atoms with Crippen molar-refractivity contribution >= 4 is 29.3 Å². The van der Waals surface area contributed by atoms with Crippen LogP contribution >= 0.6 is 11.6 Å². The first kappa shape index (κ1) is 16.2. The van der Waals surface area contributed by atoms with Gasteiger partial charge in [-0.15, -0.1) is 0 Å². The number of amides is 1. The van der Waals surface area contributed by atoms with Crippen LogP contribution in [0.15, 0.2) is 12.1 Å². The third-order valence-electron chi connectivity index (χ3n) is 2.73. The number of aromatic nitrogens is 1. The molecule has 0 bridgehead atoms. The van der Waals surface area contributed by atoms with Crippen molar-refractivity contribution in [1.82, 2.24) is 10.3 Å². The summed E-state index contributed by atoms with van der Waals surface area (Å²) in [6.07, 6.45) is 1.16. The second kappa shape index (κ2) is 7.69. The molecule has 1 aromatic heterocycles. The van der Waals surface area contributed by atoms with E-state index in [9.17, 15) is 9.59 Å². The number of halogens is 1. The van der Waals surface area contributed by atoms with E-state index >= 15 is 0 Å². The highest BCUT2D eigenvalue weighted by atomic mass is 35.5. The van der Waals surface area contributed by atoms with E-state index < -0.39 is 5.97 Å². The molecule has 1 rings (SSSR count). The molecule has 0 radical (unpaired) electrons. The van der Waals surface area contributed by atoms with E-state index in [2.05, 4.69) is 15.6 Å². The van der Waals surface area contributed by atoms with Gasteiger partial charge in [0.1, 0.15) is 5.82 Å². The molecular formula is C13H18ClN3O3. The number of aromatic carboxylic acids is 1. The van der Waals surface area contributed by atoms with Gasteiger partial charge < -0.3 is 15.7 Å². The van der Waals surface area contributed by atoms with Crippen LogP contribution in [0.3, 0.4) is 0 Å². The number of nitrogens with zero attached hydrogens (tertiary/aromatic N) is 1. The molecule has 1 amide bonds. The summed E-state index contributed by atoms with van der Waals surface area (Å²) >= 11 is 5.71. The molecule has 0 aliphatic heterocycles. The van der Waals surface area contributed by atoms with Crippen LogP contribution in [0.5, 0.6) is 0 Å². The number of hydrogen-bond acceptors (Lipinski definition) is 4. The summed E-state index contributed by atoms with van der Waals surface area (Å²) in [5, 5.41) is 14.7. The largest absolute Gasteiger partial charge is 0.476 e. The summed E-state index contributed by atoms with van der Waals surface area (Å²) in [7, 11) is 0. The minimum atomic E-state index is -1.19. The van der Waals surface area contributed by atoms with Gasteiger partial charge in [-0.05, 0) is 25.5 Å². The Bertz CT molecular complexity index is 494. The topological polar surface area (TPSA) is 91.3 Å². The summed E-state index contributed by atoms with van der Waals surface area (Å²) in [6, 6.07) is 3.18. The molecule has 1 unspecified atom stereocenters. The average Bonchev–Trinajstić information content (AvgIpc) is 2.40. The lowest BCUT2D eigenvalue weighted by molar-refractivity contribution is -0.121. The van der Waals surface area contributed by atoms with Gasteiger partial charge in [0.2, 0.25) is 5.91 Å². The zero-order valence-corrected chi connectivity index (χ0v) is 12.2. The fourth-order valence-corrected chi connectivity index (χ4v) is 1.63. The Morgan fingerprint density at radius 1 is 1.45 bits per heavy atom. The van der Waals surface area contributed by atoms with Crippen molar-refractivity contribution in [2.24, 2.45) is 0 Å². The van der Waals surface area contributed by atoms with E-state index in [-0.39, 0.29) is 29.1 Å². The van der Waals surface area contributed by atoms with E-state index in [1.807, 2.05) is 13.8 Å². The molecule has 20 heavy (non-hydrogen) atoms. The van der Waals surface area contributed by atoms with Crippen LogP contribution < -0.4 is 10.6 Å². The SMILES string of the molecule is CCC(C)NC(=O)CCNc1ccc(Cl)c(C(=O)O)n1. The number of carbonyl (C=O) groups is 2. The molecule has 0 aromatic carbocycles. The molecule has 0 aliphatic rings. The zero-order chi connectivity index (χ0) is 15.1. The maximum atomic E-state index is 11.5. The molecule has 0 aliphatic carbocycles. The number of anilines is 1. The van der Waals surface area contributed by atoms with Crippen molar-refractivity contribution in [2.45, 2.75) is 32.7 Å². The summed E-state index contributed by atoms with van der Waals surface area (Å²) in [6.45, 7) is 4.30. The predicted octanol–water partition coefficient (Wildman–Crippen LogP) is 2.15. The van der Waals surface area contributed by atoms with Gasteiger partial charge in [0.15, 0.2) is 5.69 Å². The number of nitrogens with one attached hydrogen (secondary N) is 2. The smallest absolute Gasteiger partial charge is 0.356 e. The lowest BCUT2D eigenvalue weighted by Crippen LogP contribution is -2.33. The van der Waals surface area contributed by atoms with Crippen molar-refractivity contribution in [3.05, 3.63) is 22.8 Å². The molecule has 1 atom stereocenters. The number of pyridine rings is 1. The minimum Gasteiger partial charge on any atom is -0.476 e. The van der Waals surface area contributed by atoms with Gasteiger partial charge in [-0.25, -0.2) is 9.78 Å². The molecule has 1 aromatic rings. The van der Waals surface area contributed by atoms with Crippen LogP contribution in [-0.2, 0) is 4.79 Å². The Balaban J connectivity index is 2.48. The van der Waals surface area contributed by atoms with E-state index in [0.717, 1.165) is 6.42 Å². The fraction of sp³-hybridized carbons (Fsp3) is 0.462. The van der Waals surface area contributed by atoms with E-state index in [4.69, 9.17) is 16.7 Å². The molecular weight excluding hydrogens is 282 g/mol. The highest BCUT2D eigenvalue weighted by molar-refractivity contribution is 6.33. The van der Waals surface area contributed by atoms with Gasteiger partial charge in [0, 0.05) is 19.0 Å². The first-order valence-corrected chi connectivity index (χ1v) is 6.75. The minimum absolute atomic E-state index is 0.0562. The quantitative estimate of drug-likeness (QED) is 0.717. The molecule has 0 saturated heterocycles. The van der Waals surface area contributed by atoms with Gasteiger partial charge in [-0.1, -0.05) is 18.5 Å². The van der Waals surface area contributed by atoms with Crippen LogP contribution in [0.4, 0.5) is 5.82 Å². The molecule has 1 heterocycles. The first-order chi connectivity index (χ1) is 9.43. The van der Waals surface area contributed by atoms with Crippen LogP contribution in [0, 0.1) is 0 Å². The van der Waals surface area contributed by atoms with Gasteiger partial charge in [-0.2, -0.15) is 0 Å². The second-order valence-electron chi connectivity index (χ2n) is 4.39.